The third-order valence-electron chi connectivity index (χ3n) is 3.26. The van der Waals surface area contributed by atoms with Crippen molar-refractivity contribution in [1.82, 2.24) is 5.16 Å². The van der Waals surface area contributed by atoms with Gasteiger partial charge in [0.2, 0.25) is 0 Å². The maximum atomic E-state index is 9.91. The largest absolute Gasteiger partial charge is 0.507 e. The molecule has 0 aliphatic carbocycles. The highest BCUT2D eigenvalue weighted by Gasteiger charge is 2.04. The zero-order valence-electron chi connectivity index (χ0n) is 12.1. The molecule has 0 aliphatic heterocycles. The Morgan fingerprint density at radius 1 is 1.05 bits per heavy atom. The van der Waals surface area contributed by atoms with Crippen molar-refractivity contribution in [2.75, 3.05) is 7.11 Å². The minimum atomic E-state index is 0.155. The smallest absolute Gasteiger partial charge is 0.167 e. The maximum Gasteiger partial charge on any atom is 0.167 e. The minimum Gasteiger partial charge on any atom is -0.507 e. The summed E-state index contributed by atoms with van der Waals surface area (Å²) in [5.41, 5.74) is 2.35. The molecule has 0 saturated heterocycles. The molecule has 0 unspecified atom stereocenters. The van der Waals surface area contributed by atoms with Crippen LogP contribution in [0.5, 0.6) is 11.5 Å². The van der Waals surface area contributed by atoms with E-state index in [2.05, 4.69) is 5.16 Å². The molecule has 3 rings (SSSR count). The molecule has 4 heteroatoms. The van der Waals surface area contributed by atoms with Gasteiger partial charge in [-0.05, 0) is 24.3 Å². The van der Waals surface area contributed by atoms with Gasteiger partial charge >= 0.3 is 0 Å². The SMILES string of the molecule is COc1ccc(/C=C/c2cc(-c3ccccc3)on2)c(O)c1. The van der Waals surface area contributed by atoms with E-state index < -0.39 is 0 Å². The quantitative estimate of drug-likeness (QED) is 0.782. The lowest BCUT2D eigenvalue weighted by Gasteiger charge is -2.02. The minimum absolute atomic E-state index is 0.155. The summed E-state index contributed by atoms with van der Waals surface area (Å²) in [6.07, 6.45) is 3.57. The molecular weight excluding hydrogens is 278 g/mol. The first-order valence-corrected chi connectivity index (χ1v) is 6.83. The van der Waals surface area contributed by atoms with Crippen LogP contribution >= 0.6 is 0 Å². The van der Waals surface area contributed by atoms with E-state index in [9.17, 15) is 5.11 Å². The van der Waals surface area contributed by atoms with Crippen LogP contribution in [0.2, 0.25) is 0 Å². The van der Waals surface area contributed by atoms with Crippen molar-refractivity contribution in [2.45, 2.75) is 0 Å². The van der Waals surface area contributed by atoms with Gasteiger partial charge in [0.05, 0.1) is 7.11 Å². The van der Waals surface area contributed by atoms with E-state index in [1.165, 1.54) is 0 Å². The summed E-state index contributed by atoms with van der Waals surface area (Å²) in [6, 6.07) is 16.8. The van der Waals surface area contributed by atoms with E-state index >= 15 is 0 Å². The van der Waals surface area contributed by atoms with Gasteiger partial charge in [0.1, 0.15) is 17.2 Å². The lowest BCUT2D eigenvalue weighted by molar-refractivity contribution is 0.407. The number of methoxy groups -OCH3 is 1. The third-order valence-corrected chi connectivity index (χ3v) is 3.26. The number of hydrogen-bond acceptors (Lipinski definition) is 4. The van der Waals surface area contributed by atoms with Crippen LogP contribution in [0.4, 0.5) is 0 Å². The molecule has 0 spiro atoms. The Kier molecular flexibility index (Phi) is 3.92. The van der Waals surface area contributed by atoms with Crippen LogP contribution in [-0.2, 0) is 0 Å². The normalized spacial score (nSPS) is 11.0. The van der Waals surface area contributed by atoms with Crippen LogP contribution in [-0.4, -0.2) is 17.4 Å². The topological polar surface area (TPSA) is 55.5 Å². The molecule has 4 nitrogen and oxygen atoms in total. The molecule has 110 valence electrons. The van der Waals surface area contributed by atoms with Gasteiger partial charge in [-0.2, -0.15) is 0 Å². The van der Waals surface area contributed by atoms with Crippen molar-refractivity contribution in [3.05, 3.63) is 65.9 Å². The standard InChI is InChI=1S/C18H15NO3/c1-21-16-10-8-13(17(20)12-16)7-9-15-11-18(22-19-15)14-5-3-2-4-6-14/h2-12,20H,1H3/b9-7+. The molecule has 0 atom stereocenters. The molecule has 0 radical (unpaired) electrons. The van der Waals surface area contributed by atoms with Crippen molar-refractivity contribution >= 4 is 12.2 Å². The van der Waals surface area contributed by atoms with E-state index in [4.69, 9.17) is 9.26 Å². The summed E-state index contributed by atoms with van der Waals surface area (Å²) in [7, 11) is 1.56. The number of rotatable bonds is 4. The van der Waals surface area contributed by atoms with Gasteiger partial charge in [-0.25, -0.2) is 0 Å². The highest BCUT2D eigenvalue weighted by molar-refractivity contribution is 5.73. The average Bonchev–Trinajstić information content (AvgIpc) is 3.03. The monoisotopic (exact) mass is 293 g/mol. The number of nitrogens with zero attached hydrogens (tertiary/aromatic N) is 1. The predicted molar refractivity (Wildman–Crippen MR) is 85.5 cm³/mol. The van der Waals surface area contributed by atoms with E-state index in [1.54, 1.807) is 37.5 Å². The van der Waals surface area contributed by atoms with E-state index in [0.29, 0.717) is 22.8 Å². The average molecular weight is 293 g/mol. The van der Waals surface area contributed by atoms with Gasteiger partial charge in [0.25, 0.3) is 0 Å². The third kappa shape index (κ3) is 3.01. The molecule has 0 saturated carbocycles. The fourth-order valence-corrected chi connectivity index (χ4v) is 2.07. The number of phenols is 1. The van der Waals surface area contributed by atoms with Crippen molar-refractivity contribution in [2.24, 2.45) is 0 Å². The summed E-state index contributed by atoms with van der Waals surface area (Å²) in [6.45, 7) is 0. The summed E-state index contributed by atoms with van der Waals surface area (Å²) < 4.78 is 10.4. The predicted octanol–water partition coefficient (Wildman–Crippen LogP) is 4.23. The van der Waals surface area contributed by atoms with Gasteiger partial charge in [0, 0.05) is 23.3 Å². The zero-order chi connectivity index (χ0) is 15.4. The molecule has 0 amide bonds. The second-order valence-electron chi connectivity index (χ2n) is 4.74. The van der Waals surface area contributed by atoms with Gasteiger partial charge in [-0.1, -0.05) is 35.5 Å². The molecule has 2 aromatic carbocycles. The van der Waals surface area contributed by atoms with Gasteiger partial charge < -0.3 is 14.4 Å². The second-order valence-corrected chi connectivity index (χ2v) is 4.74. The lowest BCUT2D eigenvalue weighted by atomic mass is 10.1. The van der Waals surface area contributed by atoms with E-state index in [0.717, 1.165) is 5.56 Å². The summed E-state index contributed by atoms with van der Waals surface area (Å²) in [4.78, 5) is 0. The molecule has 1 heterocycles. The molecule has 0 bridgehead atoms. The van der Waals surface area contributed by atoms with Crippen LogP contribution < -0.4 is 4.74 Å². The number of ether oxygens (including phenoxy) is 1. The Hall–Kier alpha value is -3.01. The highest BCUT2D eigenvalue weighted by atomic mass is 16.5. The van der Waals surface area contributed by atoms with Crippen molar-refractivity contribution in [1.29, 1.82) is 0 Å². The molecule has 0 fully saturated rings. The van der Waals surface area contributed by atoms with Crippen LogP contribution in [0.25, 0.3) is 23.5 Å². The van der Waals surface area contributed by atoms with Crippen LogP contribution in [0.1, 0.15) is 11.3 Å². The fraction of sp³-hybridized carbons (Fsp3) is 0.0556. The zero-order valence-corrected chi connectivity index (χ0v) is 12.1. The highest BCUT2D eigenvalue weighted by Crippen LogP contribution is 2.26. The first kappa shape index (κ1) is 13.9. The first-order valence-electron chi connectivity index (χ1n) is 6.83. The lowest BCUT2D eigenvalue weighted by Crippen LogP contribution is -1.83. The van der Waals surface area contributed by atoms with Crippen molar-refractivity contribution < 1.29 is 14.4 Å². The van der Waals surface area contributed by atoms with Crippen LogP contribution in [0.3, 0.4) is 0 Å². The van der Waals surface area contributed by atoms with Crippen LogP contribution in [0.15, 0.2) is 59.1 Å². The van der Waals surface area contributed by atoms with Crippen LogP contribution in [0, 0.1) is 0 Å². The van der Waals surface area contributed by atoms with Gasteiger partial charge in [-0.3, -0.25) is 0 Å². The molecule has 22 heavy (non-hydrogen) atoms. The number of phenolic OH excluding ortho intramolecular Hbond substituents is 1. The molecule has 1 N–H and O–H groups in total. The Morgan fingerprint density at radius 3 is 2.59 bits per heavy atom. The van der Waals surface area contributed by atoms with Crippen molar-refractivity contribution in [3.8, 4) is 22.8 Å². The summed E-state index contributed by atoms with van der Waals surface area (Å²) >= 11 is 0. The first-order chi connectivity index (χ1) is 10.8. The summed E-state index contributed by atoms with van der Waals surface area (Å²) in [5, 5.41) is 13.9. The Bertz CT molecular complexity index is 791. The molecule has 1 aromatic heterocycles. The molecule has 0 aliphatic rings. The maximum absolute atomic E-state index is 9.91. The fourth-order valence-electron chi connectivity index (χ4n) is 2.07. The second kappa shape index (κ2) is 6.18. The number of hydrogen-bond donors (Lipinski definition) is 1. The summed E-state index contributed by atoms with van der Waals surface area (Å²) in [5.74, 6) is 1.48. The number of aromatic nitrogens is 1. The Balaban J connectivity index is 1.80. The van der Waals surface area contributed by atoms with Gasteiger partial charge in [0.15, 0.2) is 5.76 Å². The number of benzene rings is 2. The van der Waals surface area contributed by atoms with Crippen molar-refractivity contribution in [3.63, 3.8) is 0 Å². The Labute approximate surface area is 128 Å². The number of aromatic hydroxyl groups is 1. The molecule has 3 aromatic rings. The Morgan fingerprint density at radius 2 is 1.86 bits per heavy atom. The molecular formula is C18H15NO3. The van der Waals surface area contributed by atoms with E-state index in [-0.39, 0.29) is 5.75 Å². The van der Waals surface area contributed by atoms with Gasteiger partial charge in [-0.15, -0.1) is 0 Å². The van der Waals surface area contributed by atoms with E-state index in [1.807, 2.05) is 36.4 Å².